The molecule has 2 heteroatoms. The molecule has 1 saturated heterocycles. The SMILES string of the molecule is CC1CC(C)CC(N2CC(C)(O)C2)C1. The Morgan fingerprint density at radius 3 is 2.00 bits per heavy atom. The highest BCUT2D eigenvalue weighted by atomic mass is 16.3. The van der Waals surface area contributed by atoms with Crippen molar-refractivity contribution in [2.24, 2.45) is 11.8 Å². The van der Waals surface area contributed by atoms with E-state index in [1.807, 2.05) is 6.92 Å². The first kappa shape index (κ1) is 10.4. The van der Waals surface area contributed by atoms with Crippen LogP contribution in [-0.4, -0.2) is 34.7 Å². The molecule has 2 aliphatic rings. The summed E-state index contributed by atoms with van der Waals surface area (Å²) in [5.41, 5.74) is -0.399. The van der Waals surface area contributed by atoms with Gasteiger partial charge in [0.1, 0.15) is 0 Å². The first-order valence-electron chi connectivity index (χ1n) is 5.93. The Morgan fingerprint density at radius 2 is 1.57 bits per heavy atom. The van der Waals surface area contributed by atoms with Crippen LogP contribution in [0.25, 0.3) is 0 Å². The minimum atomic E-state index is -0.399. The van der Waals surface area contributed by atoms with Gasteiger partial charge in [-0.1, -0.05) is 13.8 Å². The summed E-state index contributed by atoms with van der Waals surface area (Å²) in [6.07, 6.45) is 4.06. The molecule has 14 heavy (non-hydrogen) atoms. The van der Waals surface area contributed by atoms with Crippen LogP contribution in [0.15, 0.2) is 0 Å². The van der Waals surface area contributed by atoms with E-state index in [0.29, 0.717) is 0 Å². The van der Waals surface area contributed by atoms with E-state index in [4.69, 9.17) is 0 Å². The molecule has 1 N–H and O–H groups in total. The number of β-amino-alcohol motifs (C(OH)–C–C–N with tert-alkyl or cyclic N) is 1. The van der Waals surface area contributed by atoms with E-state index in [-0.39, 0.29) is 0 Å². The second kappa shape index (κ2) is 3.49. The first-order valence-corrected chi connectivity index (χ1v) is 5.93. The molecule has 2 rings (SSSR count). The summed E-state index contributed by atoms with van der Waals surface area (Å²) in [7, 11) is 0. The van der Waals surface area contributed by atoms with E-state index in [2.05, 4.69) is 18.7 Å². The summed E-state index contributed by atoms with van der Waals surface area (Å²) in [6, 6.07) is 0.744. The molecule has 1 heterocycles. The fourth-order valence-corrected chi connectivity index (χ4v) is 3.29. The third-order valence-corrected chi connectivity index (χ3v) is 3.76. The minimum absolute atomic E-state index is 0.399. The third kappa shape index (κ3) is 2.12. The Morgan fingerprint density at radius 1 is 1.07 bits per heavy atom. The summed E-state index contributed by atoms with van der Waals surface area (Å²) in [4.78, 5) is 2.46. The Bertz CT molecular complexity index is 196. The van der Waals surface area contributed by atoms with Crippen LogP contribution in [-0.2, 0) is 0 Å². The smallest absolute Gasteiger partial charge is 0.0872 e. The van der Waals surface area contributed by atoms with Crippen LogP contribution in [0.1, 0.15) is 40.0 Å². The number of hydrogen-bond acceptors (Lipinski definition) is 2. The van der Waals surface area contributed by atoms with Crippen molar-refractivity contribution >= 4 is 0 Å². The van der Waals surface area contributed by atoms with E-state index in [9.17, 15) is 5.11 Å². The number of aliphatic hydroxyl groups is 1. The van der Waals surface area contributed by atoms with Gasteiger partial charge < -0.3 is 5.11 Å². The molecule has 1 aliphatic carbocycles. The maximum absolute atomic E-state index is 9.70. The lowest BCUT2D eigenvalue weighted by Gasteiger charge is -2.51. The van der Waals surface area contributed by atoms with Crippen LogP contribution in [0.5, 0.6) is 0 Å². The molecular formula is C12H23NO. The fraction of sp³-hybridized carbons (Fsp3) is 1.00. The van der Waals surface area contributed by atoms with Crippen LogP contribution in [0.4, 0.5) is 0 Å². The number of likely N-dealkylation sites (tertiary alicyclic amines) is 1. The molecule has 0 aromatic carbocycles. The maximum atomic E-state index is 9.70. The highest BCUT2D eigenvalue weighted by Gasteiger charge is 2.41. The van der Waals surface area contributed by atoms with Crippen molar-refractivity contribution in [2.75, 3.05) is 13.1 Å². The summed E-state index contributed by atoms with van der Waals surface area (Å²) in [5.74, 6) is 1.74. The van der Waals surface area contributed by atoms with Crippen LogP contribution < -0.4 is 0 Å². The van der Waals surface area contributed by atoms with Gasteiger partial charge in [-0.2, -0.15) is 0 Å². The predicted molar refractivity (Wildman–Crippen MR) is 58.2 cm³/mol. The molecule has 82 valence electrons. The quantitative estimate of drug-likeness (QED) is 0.694. The normalized spacial score (nSPS) is 43.3. The van der Waals surface area contributed by atoms with Crippen LogP contribution >= 0.6 is 0 Å². The summed E-state index contributed by atoms with van der Waals surface area (Å²) >= 11 is 0. The van der Waals surface area contributed by atoms with Gasteiger partial charge in [0.2, 0.25) is 0 Å². The van der Waals surface area contributed by atoms with Gasteiger partial charge in [-0.25, -0.2) is 0 Å². The molecular weight excluding hydrogens is 174 g/mol. The van der Waals surface area contributed by atoms with Crippen LogP contribution in [0.2, 0.25) is 0 Å². The van der Waals surface area contributed by atoms with Gasteiger partial charge in [0.05, 0.1) is 5.60 Å². The van der Waals surface area contributed by atoms with Crippen molar-refractivity contribution in [2.45, 2.75) is 51.7 Å². The topological polar surface area (TPSA) is 23.5 Å². The van der Waals surface area contributed by atoms with Crippen molar-refractivity contribution in [1.29, 1.82) is 0 Å². The van der Waals surface area contributed by atoms with Crippen molar-refractivity contribution < 1.29 is 5.11 Å². The maximum Gasteiger partial charge on any atom is 0.0872 e. The zero-order valence-corrected chi connectivity index (χ0v) is 9.66. The number of nitrogens with zero attached hydrogens (tertiary/aromatic N) is 1. The molecule has 2 unspecified atom stereocenters. The van der Waals surface area contributed by atoms with Gasteiger partial charge >= 0.3 is 0 Å². The van der Waals surface area contributed by atoms with E-state index in [0.717, 1.165) is 31.0 Å². The molecule has 0 aromatic rings. The Kier molecular flexibility index (Phi) is 2.61. The summed E-state index contributed by atoms with van der Waals surface area (Å²) in [5, 5.41) is 9.70. The lowest BCUT2D eigenvalue weighted by molar-refractivity contribution is -0.112. The molecule has 0 bridgehead atoms. The highest BCUT2D eigenvalue weighted by molar-refractivity contribution is 4.96. The Hall–Kier alpha value is -0.0800. The van der Waals surface area contributed by atoms with E-state index in [1.54, 1.807) is 0 Å². The standard InChI is InChI=1S/C12H23NO/c1-9-4-10(2)6-11(5-9)13-7-12(3,14)8-13/h9-11,14H,4-8H2,1-3H3. The van der Waals surface area contributed by atoms with Crippen molar-refractivity contribution in [3.8, 4) is 0 Å². The van der Waals surface area contributed by atoms with E-state index >= 15 is 0 Å². The average molecular weight is 197 g/mol. The van der Waals surface area contributed by atoms with Crippen LogP contribution in [0.3, 0.4) is 0 Å². The molecule has 0 amide bonds. The van der Waals surface area contributed by atoms with Gasteiger partial charge in [-0.05, 0) is 38.0 Å². The minimum Gasteiger partial charge on any atom is -0.388 e. The zero-order chi connectivity index (χ0) is 10.3. The van der Waals surface area contributed by atoms with Crippen LogP contribution in [0, 0.1) is 11.8 Å². The van der Waals surface area contributed by atoms with E-state index < -0.39 is 5.60 Å². The van der Waals surface area contributed by atoms with Gasteiger partial charge in [0, 0.05) is 19.1 Å². The average Bonchev–Trinajstić information content (AvgIpc) is 1.97. The largest absolute Gasteiger partial charge is 0.388 e. The molecule has 0 aromatic heterocycles. The fourth-order valence-electron chi connectivity index (χ4n) is 3.29. The van der Waals surface area contributed by atoms with Crippen molar-refractivity contribution in [3.05, 3.63) is 0 Å². The molecule has 2 nitrogen and oxygen atoms in total. The second-order valence-electron chi connectivity index (χ2n) is 5.97. The van der Waals surface area contributed by atoms with Gasteiger partial charge in [-0.3, -0.25) is 4.90 Å². The van der Waals surface area contributed by atoms with Gasteiger partial charge in [0.25, 0.3) is 0 Å². The highest BCUT2D eigenvalue weighted by Crippen LogP contribution is 2.35. The summed E-state index contributed by atoms with van der Waals surface area (Å²) < 4.78 is 0. The Labute approximate surface area is 87.3 Å². The van der Waals surface area contributed by atoms with Gasteiger partial charge in [-0.15, -0.1) is 0 Å². The van der Waals surface area contributed by atoms with Crippen molar-refractivity contribution in [3.63, 3.8) is 0 Å². The molecule has 2 fully saturated rings. The monoisotopic (exact) mass is 197 g/mol. The molecule has 2 atom stereocenters. The first-order chi connectivity index (χ1) is 6.46. The molecule has 0 spiro atoms. The number of rotatable bonds is 1. The predicted octanol–water partition coefficient (Wildman–Crippen LogP) is 1.88. The zero-order valence-electron chi connectivity index (χ0n) is 9.66. The third-order valence-electron chi connectivity index (χ3n) is 3.76. The number of hydrogen-bond donors (Lipinski definition) is 1. The van der Waals surface area contributed by atoms with Gasteiger partial charge in [0.15, 0.2) is 0 Å². The molecule has 1 saturated carbocycles. The lowest BCUT2D eigenvalue weighted by atomic mass is 9.78. The summed E-state index contributed by atoms with van der Waals surface area (Å²) in [6.45, 7) is 8.44. The Balaban J connectivity index is 1.87. The lowest BCUT2D eigenvalue weighted by Crippen LogP contribution is -2.63. The molecule has 1 aliphatic heterocycles. The molecule has 0 radical (unpaired) electrons. The van der Waals surface area contributed by atoms with E-state index in [1.165, 1.54) is 19.3 Å². The second-order valence-corrected chi connectivity index (χ2v) is 5.97. The van der Waals surface area contributed by atoms with Crippen molar-refractivity contribution in [1.82, 2.24) is 4.90 Å².